The molecule has 10 heteroatoms. The van der Waals surface area contributed by atoms with Crippen LogP contribution in [0, 0.1) is 0 Å². The van der Waals surface area contributed by atoms with Gasteiger partial charge in [0.2, 0.25) is 6.79 Å². The number of para-hydroxylation sites is 1. The van der Waals surface area contributed by atoms with Crippen LogP contribution in [0.3, 0.4) is 0 Å². The highest BCUT2D eigenvalue weighted by Gasteiger charge is 2.20. The van der Waals surface area contributed by atoms with E-state index >= 15 is 0 Å². The highest BCUT2D eigenvalue weighted by atomic mass is 127. The van der Waals surface area contributed by atoms with E-state index in [1.165, 1.54) is 6.07 Å². The first-order valence-electron chi connectivity index (χ1n) is 9.46. The van der Waals surface area contributed by atoms with Crippen molar-refractivity contribution in [3.63, 3.8) is 0 Å². The molecule has 0 fully saturated rings. The third-order valence-electron chi connectivity index (χ3n) is 4.69. The fourth-order valence-corrected chi connectivity index (χ4v) is 3.14. The van der Waals surface area contributed by atoms with Gasteiger partial charge < -0.3 is 29.6 Å². The number of methoxy groups -OCH3 is 1. The molecule has 3 rings (SSSR count). The van der Waals surface area contributed by atoms with Crippen LogP contribution in [0.5, 0.6) is 23.0 Å². The smallest absolute Gasteiger partial charge is 0.387 e. The van der Waals surface area contributed by atoms with E-state index in [9.17, 15) is 8.78 Å². The van der Waals surface area contributed by atoms with Crippen molar-refractivity contribution in [2.75, 3.05) is 27.5 Å². The number of alkyl halides is 2. The quantitative estimate of drug-likeness (QED) is 0.294. The molecule has 2 aromatic rings. The molecule has 31 heavy (non-hydrogen) atoms. The Morgan fingerprint density at radius 2 is 1.84 bits per heavy atom. The van der Waals surface area contributed by atoms with Gasteiger partial charge in [-0.05, 0) is 17.7 Å². The second-order valence-electron chi connectivity index (χ2n) is 6.64. The predicted molar refractivity (Wildman–Crippen MR) is 124 cm³/mol. The number of guanidine groups is 1. The van der Waals surface area contributed by atoms with Crippen molar-refractivity contribution >= 4 is 29.9 Å². The Labute approximate surface area is 197 Å². The third-order valence-corrected chi connectivity index (χ3v) is 4.69. The normalized spacial score (nSPS) is 13.4. The van der Waals surface area contributed by atoms with E-state index in [1.54, 1.807) is 20.2 Å². The number of hydrogen-bond donors (Lipinski definition) is 2. The molecular weight excluding hydrogens is 523 g/mol. The van der Waals surface area contributed by atoms with E-state index in [0.717, 1.165) is 11.3 Å². The van der Waals surface area contributed by atoms with Crippen LogP contribution in [0.4, 0.5) is 8.78 Å². The van der Waals surface area contributed by atoms with Crippen molar-refractivity contribution in [1.82, 2.24) is 10.6 Å². The summed E-state index contributed by atoms with van der Waals surface area (Å²) in [5.74, 6) is 2.40. The lowest BCUT2D eigenvalue weighted by Crippen LogP contribution is -2.38. The fourth-order valence-electron chi connectivity index (χ4n) is 3.14. The molecular formula is C21H26F2IN3O4. The average Bonchev–Trinajstić information content (AvgIpc) is 3.20. The number of rotatable bonds is 8. The number of nitrogens with zero attached hydrogens (tertiary/aromatic N) is 1. The summed E-state index contributed by atoms with van der Waals surface area (Å²) in [6, 6.07) is 10.9. The summed E-state index contributed by atoms with van der Waals surface area (Å²) in [5, 5.41) is 6.35. The zero-order valence-electron chi connectivity index (χ0n) is 17.5. The van der Waals surface area contributed by atoms with Gasteiger partial charge in [-0.15, -0.1) is 24.0 Å². The summed E-state index contributed by atoms with van der Waals surface area (Å²) >= 11 is 0. The SMILES string of the molecule is CN=C(NCc1cc2c(cc1OC(F)F)OCO2)NCC(C)c1ccccc1OC.I. The van der Waals surface area contributed by atoms with E-state index < -0.39 is 6.61 Å². The number of nitrogens with one attached hydrogen (secondary N) is 2. The second-order valence-corrected chi connectivity index (χ2v) is 6.64. The number of fused-ring (bicyclic) bond motifs is 1. The van der Waals surface area contributed by atoms with Crippen molar-refractivity contribution < 1.29 is 27.7 Å². The van der Waals surface area contributed by atoms with Gasteiger partial charge in [0, 0.05) is 37.7 Å². The number of halogens is 3. The van der Waals surface area contributed by atoms with Crippen LogP contribution < -0.4 is 29.6 Å². The molecule has 2 aromatic carbocycles. The van der Waals surface area contributed by atoms with E-state index in [4.69, 9.17) is 14.2 Å². The first-order valence-corrected chi connectivity index (χ1v) is 9.46. The van der Waals surface area contributed by atoms with E-state index in [1.807, 2.05) is 24.3 Å². The van der Waals surface area contributed by atoms with Crippen LogP contribution in [0.2, 0.25) is 0 Å². The topological polar surface area (TPSA) is 73.3 Å². The Hall–Kier alpha value is -2.50. The minimum Gasteiger partial charge on any atom is -0.496 e. The molecule has 1 heterocycles. The average molecular weight is 549 g/mol. The maximum absolute atomic E-state index is 12.8. The lowest BCUT2D eigenvalue weighted by molar-refractivity contribution is -0.0505. The van der Waals surface area contributed by atoms with Gasteiger partial charge in [-0.1, -0.05) is 25.1 Å². The molecule has 0 spiro atoms. The highest BCUT2D eigenvalue weighted by Crippen LogP contribution is 2.38. The summed E-state index contributed by atoms with van der Waals surface area (Å²) in [5.41, 5.74) is 1.58. The molecule has 0 radical (unpaired) electrons. The van der Waals surface area contributed by atoms with Crippen LogP contribution in [0.15, 0.2) is 41.4 Å². The molecule has 0 saturated carbocycles. The van der Waals surface area contributed by atoms with E-state index in [-0.39, 0.29) is 49.0 Å². The summed E-state index contributed by atoms with van der Waals surface area (Å²) in [4.78, 5) is 4.19. The van der Waals surface area contributed by atoms with Crippen molar-refractivity contribution in [2.24, 2.45) is 4.99 Å². The van der Waals surface area contributed by atoms with Gasteiger partial charge in [0.25, 0.3) is 0 Å². The minimum atomic E-state index is -2.94. The van der Waals surface area contributed by atoms with Crippen molar-refractivity contribution in [3.8, 4) is 23.0 Å². The summed E-state index contributed by atoms with van der Waals surface area (Å²) in [6.07, 6.45) is 0. The van der Waals surface area contributed by atoms with Gasteiger partial charge in [0.15, 0.2) is 17.5 Å². The van der Waals surface area contributed by atoms with Crippen LogP contribution in [-0.2, 0) is 6.54 Å². The molecule has 0 amide bonds. The molecule has 1 atom stereocenters. The zero-order chi connectivity index (χ0) is 21.5. The molecule has 1 unspecified atom stereocenters. The molecule has 7 nitrogen and oxygen atoms in total. The largest absolute Gasteiger partial charge is 0.496 e. The van der Waals surface area contributed by atoms with Crippen molar-refractivity contribution in [3.05, 3.63) is 47.5 Å². The maximum Gasteiger partial charge on any atom is 0.387 e. The van der Waals surface area contributed by atoms with Gasteiger partial charge in [-0.25, -0.2) is 0 Å². The predicted octanol–water partition coefficient (Wildman–Crippen LogP) is 4.11. The Morgan fingerprint density at radius 1 is 1.13 bits per heavy atom. The summed E-state index contributed by atoms with van der Waals surface area (Å²) in [7, 11) is 3.28. The first-order chi connectivity index (χ1) is 14.5. The molecule has 0 aliphatic carbocycles. The molecule has 1 aliphatic rings. The Kier molecular flexibility index (Phi) is 9.41. The maximum atomic E-state index is 12.8. The Bertz CT molecular complexity index is 899. The number of ether oxygens (including phenoxy) is 4. The Morgan fingerprint density at radius 3 is 2.52 bits per heavy atom. The number of aliphatic imine (C=N–C) groups is 1. The fraction of sp³-hybridized carbons (Fsp3) is 0.381. The van der Waals surface area contributed by atoms with Gasteiger partial charge in [-0.2, -0.15) is 8.78 Å². The number of hydrogen-bond acceptors (Lipinski definition) is 5. The molecule has 170 valence electrons. The standard InChI is InChI=1S/C21H25F2N3O4.HI/c1-13(15-6-4-5-7-16(15)27-3)10-25-21(24-2)26-11-14-8-18-19(29-12-28-18)9-17(14)30-20(22)23;/h4-9,13,20H,10-12H2,1-3H3,(H2,24,25,26);1H. The lowest BCUT2D eigenvalue weighted by Gasteiger charge is -2.19. The monoisotopic (exact) mass is 549 g/mol. The zero-order valence-corrected chi connectivity index (χ0v) is 19.8. The van der Waals surface area contributed by atoms with Crippen molar-refractivity contribution in [1.29, 1.82) is 0 Å². The molecule has 0 bridgehead atoms. The van der Waals surface area contributed by atoms with Gasteiger partial charge in [0.05, 0.1) is 7.11 Å². The van der Waals surface area contributed by atoms with Gasteiger partial charge in [-0.3, -0.25) is 4.99 Å². The van der Waals surface area contributed by atoms with Crippen molar-refractivity contribution in [2.45, 2.75) is 26.0 Å². The van der Waals surface area contributed by atoms with E-state index in [0.29, 0.717) is 29.6 Å². The third kappa shape index (κ3) is 6.49. The van der Waals surface area contributed by atoms with Gasteiger partial charge >= 0.3 is 6.61 Å². The first kappa shape index (κ1) is 24.8. The van der Waals surface area contributed by atoms with Crippen LogP contribution in [0.25, 0.3) is 0 Å². The minimum absolute atomic E-state index is 0. The molecule has 0 saturated heterocycles. The van der Waals surface area contributed by atoms with Gasteiger partial charge in [0.1, 0.15) is 11.5 Å². The number of benzene rings is 2. The summed E-state index contributed by atoms with van der Waals surface area (Å²) < 4.78 is 46.2. The lowest BCUT2D eigenvalue weighted by atomic mass is 10.0. The van der Waals surface area contributed by atoms with Crippen LogP contribution in [-0.4, -0.2) is 40.1 Å². The second kappa shape index (κ2) is 11.8. The molecule has 0 aromatic heterocycles. The summed E-state index contributed by atoms with van der Waals surface area (Å²) in [6.45, 7) is -0.0129. The molecule has 1 aliphatic heterocycles. The molecule has 2 N–H and O–H groups in total. The highest BCUT2D eigenvalue weighted by molar-refractivity contribution is 14.0. The van der Waals surface area contributed by atoms with Crippen LogP contribution >= 0.6 is 24.0 Å². The Balaban J connectivity index is 0.00000341. The van der Waals surface area contributed by atoms with E-state index in [2.05, 4.69) is 27.3 Å². The van der Waals surface area contributed by atoms with Crippen LogP contribution in [0.1, 0.15) is 24.0 Å².